The molecule has 3 rings (SSSR count). The molecule has 0 saturated carbocycles. The van der Waals surface area contributed by atoms with Gasteiger partial charge in [-0.15, -0.1) is 0 Å². The van der Waals surface area contributed by atoms with Crippen LogP contribution in [0, 0.1) is 0 Å². The number of furan rings is 1. The molecule has 3 heterocycles. The van der Waals surface area contributed by atoms with E-state index in [0.717, 1.165) is 45.4 Å². The molecule has 2 aliphatic heterocycles. The molecule has 0 radical (unpaired) electrons. The molecule has 1 atom stereocenters. The van der Waals surface area contributed by atoms with Crippen molar-refractivity contribution < 1.29 is 18.7 Å². The van der Waals surface area contributed by atoms with Gasteiger partial charge in [0.15, 0.2) is 0 Å². The van der Waals surface area contributed by atoms with Gasteiger partial charge in [-0.1, -0.05) is 0 Å². The lowest BCUT2D eigenvalue weighted by molar-refractivity contribution is -0.131. The first-order valence-electron chi connectivity index (χ1n) is 7.95. The Kier molecular flexibility index (Phi) is 4.77. The minimum atomic E-state index is -0.170. The summed E-state index contributed by atoms with van der Waals surface area (Å²) in [5.41, 5.74) is 0.479. The highest BCUT2D eigenvalue weighted by Crippen LogP contribution is 2.16. The second-order valence-electron chi connectivity index (χ2n) is 5.92. The lowest BCUT2D eigenvalue weighted by atomic mass is 10.2. The second-order valence-corrected chi connectivity index (χ2v) is 5.92. The van der Waals surface area contributed by atoms with E-state index >= 15 is 0 Å². The van der Waals surface area contributed by atoms with Crippen LogP contribution in [0.3, 0.4) is 0 Å². The predicted molar refractivity (Wildman–Crippen MR) is 79.4 cm³/mol. The maximum absolute atomic E-state index is 12.6. The van der Waals surface area contributed by atoms with Gasteiger partial charge in [-0.2, -0.15) is 0 Å². The predicted octanol–water partition coefficient (Wildman–Crippen LogP) is 1.52. The molecule has 1 aromatic heterocycles. The van der Waals surface area contributed by atoms with Crippen LogP contribution < -0.4 is 0 Å². The van der Waals surface area contributed by atoms with E-state index in [2.05, 4.69) is 0 Å². The van der Waals surface area contributed by atoms with Crippen molar-refractivity contribution in [3.8, 4) is 0 Å². The Bertz CT molecular complexity index is 502. The van der Waals surface area contributed by atoms with Crippen LogP contribution in [0.1, 0.15) is 36.0 Å². The van der Waals surface area contributed by atoms with Gasteiger partial charge in [0.1, 0.15) is 12.8 Å². The third-order valence-electron chi connectivity index (χ3n) is 4.29. The number of amides is 2. The van der Waals surface area contributed by atoms with Crippen LogP contribution in [0.4, 0.5) is 0 Å². The molecule has 1 aromatic rings. The zero-order valence-electron chi connectivity index (χ0n) is 12.7. The summed E-state index contributed by atoms with van der Waals surface area (Å²) in [6.07, 6.45) is 6.97. The number of likely N-dealkylation sites (tertiary alicyclic amines) is 1. The standard InChI is InChI=1S/C16H22N2O4/c19-15(17-6-1-2-7-17)11-18(10-14-4-3-8-22-14)16(20)13-5-9-21-12-13/h5,9,12,14H,1-4,6-8,10-11H2. The molecule has 120 valence electrons. The fourth-order valence-electron chi connectivity index (χ4n) is 3.05. The van der Waals surface area contributed by atoms with Gasteiger partial charge in [-0.25, -0.2) is 0 Å². The van der Waals surface area contributed by atoms with E-state index in [1.807, 2.05) is 4.90 Å². The highest BCUT2D eigenvalue weighted by atomic mass is 16.5. The van der Waals surface area contributed by atoms with Crippen LogP contribution >= 0.6 is 0 Å². The van der Waals surface area contributed by atoms with Crippen molar-refractivity contribution >= 4 is 11.8 Å². The molecule has 0 spiro atoms. The van der Waals surface area contributed by atoms with Crippen molar-refractivity contribution in [2.24, 2.45) is 0 Å². The number of hydrogen-bond donors (Lipinski definition) is 0. The van der Waals surface area contributed by atoms with Crippen molar-refractivity contribution in [1.82, 2.24) is 9.80 Å². The summed E-state index contributed by atoms with van der Waals surface area (Å²) in [5, 5.41) is 0. The summed E-state index contributed by atoms with van der Waals surface area (Å²) < 4.78 is 10.6. The zero-order valence-corrected chi connectivity index (χ0v) is 12.7. The third-order valence-corrected chi connectivity index (χ3v) is 4.29. The van der Waals surface area contributed by atoms with Crippen LogP contribution in [-0.4, -0.2) is 60.5 Å². The molecular formula is C16H22N2O4. The van der Waals surface area contributed by atoms with Crippen molar-refractivity contribution in [3.05, 3.63) is 24.2 Å². The minimum absolute atomic E-state index is 0.0207. The van der Waals surface area contributed by atoms with Gasteiger partial charge in [0.25, 0.3) is 5.91 Å². The zero-order chi connectivity index (χ0) is 15.4. The molecule has 0 aromatic carbocycles. The van der Waals surface area contributed by atoms with Gasteiger partial charge in [-0.05, 0) is 31.7 Å². The lowest BCUT2D eigenvalue weighted by Gasteiger charge is -2.26. The first kappa shape index (κ1) is 15.1. The number of nitrogens with zero attached hydrogens (tertiary/aromatic N) is 2. The number of rotatable bonds is 5. The van der Waals surface area contributed by atoms with Crippen molar-refractivity contribution in [3.63, 3.8) is 0 Å². The third kappa shape index (κ3) is 3.50. The maximum atomic E-state index is 12.6. The van der Waals surface area contributed by atoms with E-state index in [9.17, 15) is 9.59 Å². The van der Waals surface area contributed by atoms with Gasteiger partial charge in [-0.3, -0.25) is 9.59 Å². The van der Waals surface area contributed by atoms with Crippen molar-refractivity contribution in [2.75, 3.05) is 32.8 Å². The first-order chi connectivity index (χ1) is 10.7. The van der Waals surface area contributed by atoms with E-state index in [1.165, 1.54) is 12.5 Å². The molecule has 2 saturated heterocycles. The monoisotopic (exact) mass is 306 g/mol. The second kappa shape index (κ2) is 6.96. The lowest BCUT2D eigenvalue weighted by Crippen LogP contribution is -2.44. The Labute approximate surface area is 130 Å². The average molecular weight is 306 g/mol. The molecule has 0 aliphatic carbocycles. The molecule has 0 N–H and O–H groups in total. The SMILES string of the molecule is O=C(CN(CC1CCCO1)C(=O)c1ccoc1)N1CCCC1. The quantitative estimate of drug-likeness (QED) is 0.827. The molecular weight excluding hydrogens is 284 g/mol. The molecule has 0 bridgehead atoms. The first-order valence-corrected chi connectivity index (χ1v) is 7.95. The summed E-state index contributed by atoms with van der Waals surface area (Å²) in [6.45, 7) is 2.91. The maximum Gasteiger partial charge on any atom is 0.257 e. The van der Waals surface area contributed by atoms with Crippen molar-refractivity contribution in [2.45, 2.75) is 31.8 Å². The van der Waals surface area contributed by atoms with E-state index in [0.29, 0.717) is 12.1 Å². The summed E-state index contributed by atoms with van der Waals surface area (Å²) in [7, 11) is 0. The van der Waals surface area contributed by atoms with Crippen LogP contribution in [0.5, 0.6) is 0 Å². The van der Waals surface area contributed by atoms with Crippen molar-refractivity contribution in [1.29, 1.82) is 0 Å². The fraction of sp³-hybridized carbons (Fsp3) is 0.625. The highest BCUT2D eigenvalue weighted by molar-refractivity contribution is 5.96. The Morgan fingerprint density at radius 3 is 2.73 bits per heavy atom. The van der Waals surface area contributed by atoms with Gasteiger partial charge < -0.3 is 19.0 Å². The Balaban J connectivity index is 1.67. The Morgan fingerprint density at radius 1 is 1.27 bits per heavy atom. The van der Waals surface area contributed by atoms with Gasteiger partial charge >= 0.3 is 0 Å². The van der Waals surface area contributed by atoms with Gasteiger partial charge in [0.2, 0.25) is 5.91 Å². The number of hydrogen-bond acceptors (Lipinski definition) is 4. The number of carbonyl (C=O) groups excluding carboxylic acids is 2. The molecule has 1 unspecified atom stereocenters. The Hall–Kier alpha value is -1.82. The minimum Gasteiger partial charge on any atom is -0.472 e. The largest absolute Gasteiger partial charge is 0.472 e. The number of ether oxygens (including phenoxy) is 1. The van der Waals surface area contributed by atoms with E-state index in [4.69, 9.17) is 9.15 Å². The molecule has 6 nitrogen and oxygen atoms in total. The summed E-state index contributed by atoms with van der Waals surface area (Å²) >= 11 is 0. The van der Waals surface area contributed by atoms with E-state index in [-0.39, 0.29) is 24.5 Å². The van der Waals surface area contributed by atoms with E-state index in [1.54, 1.807) is 11.0 Å². The fourth-order valence-corrected chi connectivity index (χ4v) is 3.05. The molecule has 6 heteroatoms. The normalized spacial score (nSPS) is 21.3. The van der Waals surface area contributed by atoms with Crippen LogP contribution in [-0.2, 0) is 9.53 Å². The molecule has 2 amide bonds. The summed E-state index contributed by atoms with van der Waals surface area (Å²) in [5.74, 6) is -0.149. The summed E-state index contributed by atoms with van der Waals surface area (Å²) in [6, 6.07) is 1.63. The smallest absolute Gasteiger partial charge is 0.257 e. The van der Waals surface area contributed by atoms with Crippen LogP contribution in [0.15, 0.2) is 23.0 Å². The number of carbonyl (C=O) groups is 2. The molecule has 22 heavy (non-hydrogen) atoms. The van der Waals surface area contributed by atoms with E-state index < -0.39 is 0 Å². The molecule has 2 fully saturated rings. The Morgan fingerprint density at radius 2 is 2.09 bits per heavy atom. The average Bonchev–Trinajstić information content (AvgIpc) is 3.26. The van der Waals surface area contributed by atoms with Gasteiger partial charge in [0.05, 0.1) is 17.9 Å². The van der Waals surface area contributed by atoms with Crippen LogP contribution in [0.25, 0.3) is 0 Å². The highest BCUT2D eigenvalue weighted by Gasteiger charge is 2.28. The topological polar surface area (TPSA) is 63.0 Å². The molecule has 2 aliphatic rings. The van der Waals surface area contributed by atoms with Crippen LogP contribution in [0.2, 0.25) is 0 Å². The summed E-state index contributed by atoms with van der Waals surface area (Å²) in [4.78, 5) is 28.4. The van der Waals surface area contributed by atoms with Gasteiger partial charge in [0, 0.05) is 26.2 Å².